The molecule has 90 valence electrons. The number of nitrogens with zero attached hydrogens (tertiary/aromatic N) is 1. The van der Waals surface area contributed by atoms with Crippen LogP contribution in [0.25, 0.3) is 0 Å². The summed E-state index contributed by atoms with van der Waals surface area (Å²) in [6, 6.07) is 15.7. The molecule has 0 aliphatic heterocycles. The molecule has 0 saturated carbocycles. The molecule has 0 unspecified atom stereocenters. The van der Waals surface area contributed by atoms with Crippen molar-refractivity contribution in [3.63, 3.8) is 0 Å². The minimum absolute atomic E-state index is 0.565. The van der Waals surface area contributed by atoms with Crippen molar-refractivity contribution in [2.24, 2.45) is 0 Å². The molecule has 3 heteroatoms. The molecule has 0 aliphatic rings. The summed E-state index contributed by atoms with van der Waals surface area (Å²) in [5.74, 6) is 0. The van der Waals surface area contributed by atoms with Crippen molar-refractivity contribution < 1.29 is 0 Å². The van der Waals surface area contributed by atoms with Crippen LogP contribution < -0.4 is 5.32 Å². The fourth-order valence-corrected chi connectivity index (χ4v) is 1.95. The third kappa shape index (κ3) is 3.03. The summed E-state index contributed by atoms with van der Waals surface area (Å²) in [6.07, 6.45) is 0. The second-order valence-corrected chi connectivity index (χ2v) is 4.58. The van der Waals surface area contributed by atoms with Gasteiger partial charge in [0, 0.05) is 11.6 Å². The highest BCUT2D eigenvalue weighted by atomic mass is 35.5. The molecule has 18 heavy (non-hydrogen) atoms. The summed E-state index contributed by atoms with van der Waals surface area (Å²) >= 11 is 5.85. The molecule has 2 aromatic carbocycles. The highest BCUT2D eigenvalue weighted by Gasteiger charge is 2.02. The Labute approximate surface area is 112 Å². The highest BCUT2D eigenvalue weighted by molar-refractivity contribution is 6.30. The van der Waals surface area contributed by atoms with E-state index in [2.05, 4.69) is 36.5 Å². The fraction of sp³-hybridized carbons (Fsp3) is 0.133. The Morgan fingerprint density at radius 1 is 1.22 bits per heavy atom. The number of hydrogen-bond acceptors (Lipinski definition) is 2. The van der Waals surface area contributed by atoms with Crippen LogP contribution >= 0.6 is 11.6 Å². The maximum absolute atomic E-state index is 9.04. The number of rotatable bonds is 3. The number of hydrogen-bond donors (Lipinski definition) is 1. The maximum atomic E-state index is 9.04. The first-order valence-corrected chi connectivity index (χ1v) is 6.06. The molecule has 0 fully saturated rings. The van der Waals surface area contributed by atoms with E-state index in [4.69, 9.17) is 16.9 Å². The van der Waals surface area contributed by atoms with Gasteiger partial charge in [-0.1, -0.05) is 41.4 Å². The van der Waals surface area contributed by atoms with Gasteiger partial charge in [-0.25, -0.2) is 0 Å². The smallest absolute Gasteiger partial charge is 0.101 e. The summed E-state index contributed by atoms with van der Waals surface area (Å²) in [4.78, 5) is 0. The lowest BCUT2D eigenvalue weighted by Crippen LogP contribution is -2.01. The predicted molar refractivity (Wildman–Crippen MR) is 74.7 cm³/mol. The van der Waals surface area contributed by atoms with Crippen molar-refractivity contribution in [3.8, 4) is 6.07 Å². The van der Waals surface area contributed by atoms with Crippen molar-refractivity contribution in [2.75, 3.05) is 5.32 Å². The van der Waals surface area contributed by atoms with Gasteiger partial charge in [-0.15, -0.1) is 0 Å². The van der Waals surface area contributed by atoms with Crippen molar-refractivity contribution in [1.82, 2.24) is 0 Å². The standard InChI is InChI=1S/C15H13ClN2/c1-11-3-2-4-12(7-11)10-18-15-6-5-14(16)8-13(15)9-17/h2-8,18H,10H2,1H3. The number of nitriles is 1. The van der Waals surface area contributed by atoms with Gasteiger partial charge in [-0.2, -0.15) is 5.26 Å². The van der Waals surface area contributed by atoms with Crippen LogP contribution in [-0.2, 0) is 6.54 Å². The Morgan fingerprint density at radius 3 is 2.78 bits per heavy atom. The van der Waals surface area contributed by atoms with Gasteiger partial charge < -0.3 is 5.32 Å². The van der Waals surface area contributed by atoms with Crippen LogP contribution in [-0.4, -0.2) is 0 Å². The molecule has 0 spiro atoms. The van der Waals surface area contributed by atoms with Crippen molar-refractivity contribution in [2.45, 2.75) is 13.5 Å². The van der Waals surface area contributed by atoms with Gasteiger partial charge in [-0.05, 0) is 30.7 Å². The zero-order chi connectivity index (χ0) is 13.0. The van der Waals surface area contributed by atoms with Crippen molar-refractivity contribution in [1.29, 1.82) is 5.26 Å². The van der Waals surface area contributed by atoms with E-state index in [-0.39, 0.29) is 0 Å². The molecule has 0 amide bonds. The van der Waals surface area contributed by atoms with Crippen LogP contribution in [0.5, 0.6) is 0 Å². The Kier molecular flexibility index (Phi) is 3.86. The highest BCUT2D eigenvalue weighted by Crippen LogP contribution is 2.20. The fourth-order valence-electron chi connectivity index (χ4n) is 1.78. The molecule has 2 aromatic rings. The second kappa shape index (κ2) is 5.57. The molecular formula is C15H13ClN2. The summed E-state index contributed by atoms with van der Waals surface area (Å²) in [6.45, 7) is 2.75. The molecule has 0 aromatic heterocycles. The van der Waals surface area contributed by atoms with Crippen LogP contribution in [0.4, 0.5) is 5.69 Å². The third-order valence-corrected chi connectivity index (χ3v) is 2.90. The van der Waals surface area contributed by atoms with Gasteiger partial charge in [0.1, 0.15) is 6.07 Å². The largest absolute Gasteiger partial charge is 0.380 e. The van der Waals surface area contributed by atoms with Crippen LogP contribution in [0.3, 0.4) is 0 Å². The molecule has 0 heterocycles. The molecule has 0 saturated heterocycles. The molecule has 0 radical (unpaired) electrons. The zero-order valence-corrected chi connectivity index (χ0v) is 10.8. The summed E-state index contributed by atoms with van der Waals surface area (Å²) in [5, 5.41) is 12.9. The quantitative estimate of drug-likeness (QED) is 0.896. The summed E-state index contributed by atoms with van der Waals surface area (Å²) < 4.78 is 0. The summed E-state index contributed by atoms with van der Waals surface area (Å²) in [5.41, 5.74) is 3.79. The van der Waals surface area contributed by atoms with E-state index in [1.54, 1.807) is 12.1 Å². The van der Waals surface area contributed by atoms with Crippen LogP contribution in [0.2, 0.25) is 5.02 Å². The van der Waals surface area contributed by atoms with E-state index in [0.29, 0.717) is 17.1 Å². The molecule has 2 rings (SSSR count). The Morgan fingerprint density at radius 2 is 2.06 bits per heavy atom. The first-order chi connectivity index (χ1) is 8.69. The van der Waals surface area contributed by atoms with Crippen LogP contribution in [0.1, 0.15) is 16.7 Å². The van der Waals surface area contributed by atoms with E-state index in [0.717, 1.165) is 5.69 Å². The maximum Gasteiger partial charge on any atom is 0.101 e. The molecule has 0 atom stereocenters. The van der Waals surface area contributed by atoms with E-state index in [1.165, 1.54) is 11.1 Å². The predicted octanol–water partition coefficient (Wildman–Crippen LogP) is 4.13. The minimum Gasteiger partial charge on any atom is -0.380 e. The summed E-state index contributed by atoms with van der Waals surface area (Å²) in [7, 11) is 0. The Hall–Kier alpha value is -1.98. The van der Waals surface area contributed by atoms with Gasteiger partial charge in [0.05, 0.1) is 11.3 Å². The number of benzene rings is 2. The van der Waals surface area contributed by atoms with Crippen molar-refractivity contribution >= 4 is 17.3 Å². The number of aryl methyl sites for hydroxylation is 1. The Balaban J connectivity index is 2.14. The lowest BCUT2D eigenvalue weighted by atomic mass is 10.1. The molecule has 0 bridgehead atoms. The normalized spacial score (nSPS) is 9.83. The zero-order valence-electron chi connectivity index (χ0n) is 10.1. The third-order valence-electron chi connectivity index (χ3n) is 2.67. The average Bonchev–Trinajstić information content (AvgIpc) is 2.37. The monoisotopic (exact) mass is 256 g/mol. The van der Waals surface area contributed by atoms with Gasteiger partial charge in [0.25, 0.3) is 0 Å². The van der Waals surface area contributed by atoms with E-state index in [9.17, 15) is 0 Å². The van der Waals surface area contributed by atoms with Gasteiger partial charge in [0.15, 0.2) is 0 Å². The topological polar surface area (TPSA) is 35.8 Å². The molecule has 0 aliphatic carbocycles. The first-order valence-electron chi connectivity index (χ1n) is 5.68. The van der Waals surface area contributed by atoms with Gasteiger partial charge >= 0.3 is 0 Å². The lowest BCUT2D eigenvalue weighted by Gasteiger charge is -2.09. The van der Waals surface area contributed by atoms with E-state index in [1.807, 2.05) is 12.1 Å². The van der Waals surface area contributed by atoms with Gasteiger partial charge in [0.2, 0.25) is 0 Å². The van der Waals surface area contributed by atoms with Crippen LogP contribution in [0, 0.1) is 18.3 Å². The van der Waals surface area contributed by atoms with E-state index < -0.39 is 0 Å². The SMILES string of the molecule is Cc1cccc(CNc2ccc(Cl)cc2C#N)c1. The minimum atomic E-state index is 0.565. The molecule has 1 N–H and O–H groups in total. The van der Waals surface area contributed by atoms with Gasteiger partial charge in [-0.3, -0.25) is 0 Å². The molecular weight excluding hydrogens is 244 g/mol. The first kappa shape index (κ1) is 12.5. The average molecular weight is 257 g/mol. The Bertz CT molecular complexity index is 600. The second-order valence-electron chi connectivity index (χ2n) is 4.14. The van der Waals surface area contributed by atoms with E-state index >= 15 is 0 Å². The number of halogens is 1. The number of nitrogens with one attached hydrogen (secondary N) is 1. The van der Waals surface area contributed by atoms with Crippen LogP contribution in [0.15, 0.2) is 42.5 Å². The number of anilines is 1. The molecule has 2 nitrogen and oxygen atoms in total. The van der Waals surface area contributed by atoms with Crippen molar-refractivity contribution in [3.05, 3.63) is 64.2 Å². The lowest BCUT2D eigenvalue weighted by molar-refractivity contribution is 1.14.